The van der Waals surface area contributed by atoms with E-state index >= 15 is 0 Å². The maximum atomic E-state index is 14.3. The number of benzene rings is 1. The third-order valence-electron chi connectivity index (χ3n) is 4.55. The van der Waals surface area contributed by atoms with E-state index in [1.54, 1.807) is 18.0 Å². The molecular formula is C18H22FN3O3S. The molecule has 1 saturated heterocycles. The Kier molecular flexibility index (Phi) is 5.85. The van der Waals surface area contributed by atoms with Gasteiger partial charge in [-0.1, -0.05) is 6.07 Å². The predicted molar refractivity (Wildman–Crippen MR) is 98.9 cm³/mol. The summed E-state index contributed by atoms with van der Waals surface area (Å²) in [5.74, 6) is -0.468. The van der Waals surface area contributed by atoms with Crippen LogP contribution in [0.25, 0.3) is 10.1 Å². The number of hydrogen-bond acceptors (Lipinski definition) is 5. The quantitative estimate of drug-likeness (QED) is 0.859. The minimum atomic E-state index is -0.333. The number of thiophene rings is 1. The van der Waals surface area contributed by atoms with Gasteiger partial charge >= 0.3 is 0 Å². The summed E-state index contributed by atoms with van der Waals surface area (Å²) in [6.45, 7) is 2.88. The van der Waals surface area contributed by atoms with Gasteiger partial charge in [-0.2, -0.15) is 0 Å². The minimum absolute atomic E-state index is 0.0351. The van der Waals surface area contributed by atoms with Gasteiger partial charge in [-0.3, -0.25) is 14.5 Å². The molecule has 1 aromatic heterocycles. The maximum absolute atomic E-state index is 14.3. The lowest BCUT2D eigenvalue weighted by atomic mass is 10.1. The average molecular weight is 379 g/mol. The Morgan fingerprint density at radius 3 is 2.65 bits per heavy atom. The molecule has 0 radical (unpaired) electrons. The van der Waals surface area contributed by atoms with Crippen molar-refractivity contribution in [3.05, 3.63) is 34.5 Å². The molecule has 26 heavy (non-hydrogen) atoms. The number of hydrogen-bond donors (Lipinski definition) is 1. The Balaban J connectivity index is 1.79. The van der Waals surface area contributed by atoms with Gasteiger partial charge in [0.15, 0.2) is 0 Å². The molecule has 8 heteroatoms. The second kappa shape index (κ2) is 8.11. The number of nitrogens with zero attached hydrogens (tertiary/aromatic N) is 2. The molecule has 1 fully saturated rings. The number of carbonyl (C=O) groups excluding carboxylic acids is 2. The van der Waals surface area contributed by atoms with Crippen LogP contribution < -0.4 is 5.32 Å². The Labute approximate surface area is 155 Å². The SMILES string of the molecule is CNC(=O)CN1CCN(C(=O)c2sc3cccc(F)c3c2COC)CC1. The molecule has 140 valence electrons. The molecule has 0 bridgehead atoms. The number of carbonyl (C=O) groups is 2. The first-order valence-corrected chi connectivity index (χ1v) is 9.27. The predicted octanol–water partition coefficient (Wildman–Crippen LogP) is 1.69. The molecule has 1 N–H and O–H groups in total. The van der Waals surface area contributed by atoms with E-state index in [0.717, 1.165) is 4.70 Å². The first-order valence-electron chi connectivity index (χ1n) is 8.46. The second-order valence-corrected chi connectivity index (χ2v) is 7.25. The molecule has 2 aromatic rings. The Hall–Kier alpha value is -2.03. The van der Waals surface area contributed by atoms with Crippen LogP contribution in [0.4, 0.5) is 4.39 Å². The van der Waals surface area contributed by atoms with E-state index < -0.39 is 0 Å². The topological polar surface area (TPSA) is 61.9 Å². The van der Waals surface area contributed by atoms with Gasteiger partial charge in [0.2, 0.25) is 5.91 Å². The van der Waals surface area contributed by atoms with Crippen LogP contribution in [0.3, 0.4) is 0 Å². The van der Waals surface area contributed by atoms with E-state index in [4.69, 9.17) is 4.74 Å². The molecule has 0 saturated carbocycles. The summed E-state index contributed by atoms with van der Waals surface area (Å²) in [7, 11) is 3.15. The van der Waals surface area contributed by atoms with E-state index in [2.05, 4.69) is 5.32 Å². The third kappa shape index (κ3) is 3.72. The molecule has 1 aliphatic heterocycles. The monoisotopic (exact) mass is 379 g/mol. The highest BCUT2D eigenvalue weighted by atomic mass is 32.1. The lowest BCUT2D eigenvalue weighted by Gasteiger charge is -2.34. The fourth-order valence-electron chi connectivity index (χ4n) is 3.16. The molecule has 2 heterocycles. The normalized spacial score (nSPS) is 15.4. The van der Waals surface area contributed by atoms with Gasteiger partial charge in [0.1, 0.15) is 5.82 Å². The summed E-state index contributed by atoms with van der Waals surface area (Å²) in [6, 6.07) is 4.87. The van der Waals surface area contributed by atoms with Crippen molar-refractivity contribution in [3.8, 4) is 0 Å². The van der Waals surface area contributed by atoms with Gasteiger partial charge in [0.25, 0.3) is 5.91 Å². The van der Waals surface area contributed by atoms with E-state index in [1.807, 2.05) is 11.0 Å². The average Bonchev–Trinajstić information content (AvgIpc) is 3.02. The number of amides is 2. The van der Waals surface area contributed by atoms with Crippen LogP contribution >= 0.6 is 11.3 Å². The molecule has 1 aliphatic rings. The summed E-state index contributed by atoms with van der Waals surface area (Å²) in [4.78, 5) is 28.8. The van der Waals surface area contributed by atoms with Gasteiger partial charge in [-0.15, -0.1) is 11.3 Å². The van der Waals surface area contributed by atoms with Crippen LogP contribution in [0, 0.1) is 5.82 Å². The van der Waals surface area contributed by atoms with Crippen molar-refractivity contribution in [1.29, 1.82) is 0 Å². The highest BCUT2D eigenvalue weighted by molar-refractivity contribution is 7.21. The van der Waals surface area contributed by atoms with Crippen LogP contribution in [-0.4, -0.2) is 68.5 Å². The van der Waals surface area contributed by atoms with E-state index in [1.165, 1.54) is 24.5 Å². The lowest BCUT2D eigenvalue weighted by Crippen LogP contribution is -2.50. The number of nitrogens with one attached hydrogen (secondary N) is 1. The Morgan fingerprint density at radius 1 is 1.27 bits per heavy atom. The molecule has 2 amide bonds. The summed E-state index contributed by atoms with van der Waals surface area (Å²) in [5, 5.41) is 3.08. The van der Waals surface area contributed by atoms with Crippen molar-refractivity contribution in [2.75, 3.05) is 46.9 Å². The molecule has 1 aromatic carbocycles. The van der Waals surface area contributed by atoms with Crippen molar-refractivity contribution in [3.63, 3.8) is 0 Å². The van der Waals surface area contributed by atoms with E-state index in [9.17, 15) is 14.0 Å². The number of likely N-dealkylation sites (N-methyl/N-ethyl adjacent to an activating group) is 1. The summed E-state index contributed by atoms with van der Waals surface area (Å²) >= 11 is 1.31. The first kappa shape index (κ1) is 18.8. The van der Waals surface area contributed by atoms with Crippen LogP contribution in [0.15, 0.2) is 18.2 Å². The number of rotatable bonds is 5. The highest BCUT2D eigenvalue weighted by Crippen LogP contribution is 2.34. The van der Waals surface area contributed by atoms with Gasteiger partial charge in [-0.25, -0.2) is 4.39 Å². The molecule has 0 aliphatic carbocycles. The van der Waals surface area contributed by atoms with Crippen LogP contribution in [0.5, 0.6) is 0 Å². The Morgan fingerprint density at radius 2 is 2.00 bits per heavy atom. The van der Waals surface area contributed by atoms with Crippen LogP contribution in [0.2, 0.25) is 0 Å². The van der Waals surface area contributed by atoms with Crippen LogP contribution in [0.1, 0.15) is 15.2 Å². The lowest BCUT2D eigenvalue weighted by molar-refractivity contribution is -0.122. The molecule has 0 spiro atoms. The summed E-state index contributed by atoms with van der Waals surface area (Å²) in [6.07, 6.45) is 0. The number of piperazine rings is 1. The van der Waals surface area contributed by atoms with E-state index in [0.29, 0.717) is 48.6 Å². The van der Waals surface area contributed by atoms with Crippen LogP contribution in [-0.2, 0) is 16.1 Å². The van der Waals surface area contributed by atoms with E-state index in [-0.39, 0.29) is 24.2 Å². The molecule has 6 nitrogen and oxygen atoms in total. The second-order valence-electron chi connectivity index (χ2n) is 6.20. The number of fused-ring (bicyclic) bond motifs is 1. The molecule has 0 atom stereocenters. The maximum Gasteiger partial charge on any atom is 0.264 e. The first-order chi connectivity index (χ1) is 12.5. The number of methoxy groups -OCH3 is 1. The van der Waals surface area contributed by atoms with Gasteiger partial charge < -0.3 is 15.0 Å². The van der Waals surface area contributed by atoms with Crippen molar-refractivity contribution in [2.45, 2.75) is 6.61 Å². The fourth-order valence-corrected chi connectivity index (χ4v) is 4.35. The largest absolute Gasteiger partial charge is 0.380 e. The van der Waals surface area contributed by atoms with Crippen molar-refractivity contribution < 1.29 is 18.7 Å². The van der Waals surface area contributed by atoms with Crippen molar-refractivity contribution in [1.82, 2.24) is 15.1 Å². The zero-order chi connectivity index (χ0) is 18.7. The Bertz CT molecular complexity index is 815. The smallest absolute Gasteiger partial charge is 0.264 e. The zero-order valence-corrected chi connectivity index (χ0v) is 15.7. The minimum Gasteiger partial charge on any atom is -0.380 e. The summed E-state index contributed by atoms with van der Waals surface area (Å²) in [5.41, 5.74) is 0.614. The molecule has 3 rings (SSSR count). The zero-order valence-electron chi connectivity index (χ0n) is 14.9. The van der Waals surface area contributed by atoms with Gasteiger partial charge in [-0.05, 0) is 12.1 Å². The van der Waals surface area contributed by atoms with Crippen molar-refractivity contribution in [2.24, 2.45) is 0 Å². The number of halogens is 1. The fraction of sp³-hybridized carbons (Fsp3) is 0.444. The van der Waals surface area contributed by atoms with Gasteiger partial charge in [0.05, 0.1) is 18.0 Å². The molecular weight excluding hydrogens is 357 g/mol. The number of ether oxygens (including phenoxy) is 1. The molecule has 0 unspecified atom stereocenters. The highest BCUT2D eigenvalue weighted by Gasteiger charge is 2.27. The van der Waals surface area contributed by atoms with Crippen molar-refractivity contribution >= 4 is 33.2 Å². The standard InChI is InChI=1S/C18H22FN3O3S/c1-20-15(23)10-21-6-8-22(9-7-21)18(24)17-12(11-25-2)16-13(19)4-3-5-14(16)26-17/h3-5H,6-11H2,1-2H3,(H,20,23). The summed E-state index contributed by atoms with van der Waals surface area (Å²) < 4.78 is 20.2. The van der Waals surface area contributed by atoms with Gasteiger partial charge in [0, 0.05) is 56.0 Å². The third-order valence-corrected chi connectivity index (χ3v) is 5.74.